The Kier molecular flexibility index (Phi) is 6.10. The van der Waals surface area contributed by atoms with Gasteiger partial charge in [-0.15, -0.1) is 0 Å². The average molecular weight is 491 g/mol. The van der Waals surface area contributed by atoms with Gasteiger partial charge in [0.05, 0.1) is 22.2 Å². The van der Waals surface area contributed by atoms with Gasteiger partial charge in [0.25, 0.3) is 11.5 Å². The zero-order chi connectivity index (χ0) is 25.4. The molecule has 0 aliphatic rings. The Morgan fingerprint density at radius 2 is 1.54 bits per heavy atom. The molecule has 0 aliphatic heterocycles. The van der Waals surface area contributed by atoms with E-state index >= 15 is 0 Å². The highest BCUT2D eigenvalue weighted by Crippen LogP contribution is 2.33. The van der Waals surface area contributed by atoms with E-state index in [2.05, 4.69) is 15.5 Å². The van der Waals surface area contributed by atoms with Crippen molar-refractivity contribution < 1.29 is 31.1 Å². The SMILES string of the molecule is O=C(Nc1ccc2c(Cc3ccccc3C(F)(F)F)n[nH]c(=O)c2c1)c1ccc(C(F)(F)F)cc1. The molecule has 0 saturated heterocycles. The molecule has 4 rings (SSSR count). The van der Waals surface area contributed by atoms with E-state index in [9.17, 15) is 35.9 Å². The Morgan fingerprint density at radius 3 is 2.20 bits per heavy atom. The topological polar surface area (TPSA) is 74.8 Å². The van der Waals surface area contributed by atoms with Crippen molar-refractivity contribution >= 4 is 22.4 Å². The minimum Gasteiger partial charge on any atom is -0.322 e. The quantitative estimate of drug-likeness (QED) is 0.354. The van der Waals surface area contributed by atoms with Gasteiger partial charge in [0.15, 0.2) is 0 Å². The molecule has 0 bridgehead atoms. The molecule has 0 radical (unpaired) electrons. The second-order valence-electron chi connectivity index (χ2n) is 7.62. The Bertz CT molecular complexity index is 1460. The van der Waals surface area contributed by atoms with Crippen molar-refractivity contribution in [3.63, 3.8) is 0 Å². The molecule has 5 nitrogen and oxygen atoms in total. The van der Waals surface area contributed by atoms with Gasteiger partial charge in [-0.1, -0.05) is 24.3 Å². The van der Waals surface area contributed by atoms with Crippen molar-refractivity contribution in [2.24, 2.45) is 0 Å². The van der Waals surface area contributed by atoms with E-state index in [-0.39, 0.29) is 34.3 Å². The first-order valence-electron chi connectivity index (χ1n) is 10.1. The molecule has 0 spiro atoms. The molecule has 4 aromatic rings. The van der Waals surface area contributed by atoms with Crippen molar-refractivity contribution in [2.45, 2.75) is 18.8 Å². The first-order valence-corrected chi connectivity index (χ1v) is 10.1. The second kappa shape index (κ2) is 8.90. The van der Waals surface area contributed by atoms with Gasteiger partial charge in [0.1, 0.15) is 0 Å². The van der Waals surface area contributed by atoms with Gasteiger partial charge in [0, 0.05) is 23.1 Å². The van der Waals surface area contributed by atoms with Crippen molar-refractivity contribution in [1.82, 2.24) is 10.2 Å². The predicted molar refractivity (Wildman–Crippen MR) is 116 cm³/mol. The minimum absolute atomic E-state index is 0.0273. The van der Waals surface area contributed by atoms with Crippen LogP contribution in [0.25, 0.3) is 10.8 Å². The van der Waals surface area contributed by atoms with E-state index in [0.717, 1.165) is 30.3 Å². The molecule has 1 amide bonds. The van der Waals surface area contributed by atoms with Gasteiger partial charge in [-0.2, -0.15) is 31.4 Å². The molecule has 0 aliphatic carbocycles. The molecular formula is C24H15F6N3O2. The van der Waals surface area contributed by atoms with Gasteiger partial charge in [-0.3, -0.25) is 9.59 Å². The zero-order valence-corrected chi connectivity index (χ0v) is 17.6. The van der Waals surface area contributed by atoms with Crippen molar-refractivity contribution in [2.75, 3.05) is 5.32 Å². The van der Waals surface area contributed by atoms with Crippen molar-refractivity contribution in [1.29, 1.82) is 0 Å². The summed E-state index contributed by atoms with van der Waals surface area (Å²) < 4.78 is 78.2. The number of nitrogens with one attached hydrogen (secondary N) is 2. The molecule has 0 saturated carbocycles. The smallest absolute Gasteiger partial charge is 0.322 e. The summed E-state index contributed by atoms with van der Waals surface area (Å²) in [5.41, 5.74) is -2.05. The number of carbonyl (C=O) groups is 1. The third-order valence-corrected chi connectivity index (χ3v) is 5.28. The van der Waals surface area contributed by atoms with E-state index in [1.165, 1.54) is 36.4 Å². The summed E-state index contributed by atoms with van der Waals surface area (Å²) in [6.07, 6.45) is -9.31. The number of hydrogen-bond donors (Lipinski definition) is 2. The number of halogens is 6. The predicted octanol–water partition coefficient (Wildman–Crippen LogP) is 5.80. The number of alkyl halides is 6. The Labute approximate surface area is 193 Å². The van der Waals surface area contributed by atoms with Crippen LogP contribution in [0.1, 0.15) is 32.7 Å². The van der Waals surface area contributed by atoms with Gasteiger partial charge in [0.2, 0.25) is 0 Å². The van der Waals surface area contributed by atoms with E-state index < -0.39 is 34.9 Å². The molecular weight excluding hydrogens is 476 g/mol. The van der Waals surface area contributed by atoms with Gasteiger partial charge in [-0.25, -0.2) is 5.10 Å². The summed E-state index contributed by atoms with van der Waals surface area (Å²) in [7, 11) is 0. The molecule has 0 atom stereocenters. The molecule has 3 aromatic carbocycles. The largest absolute Gasteiger partial charge is 0.416 e. The van der Waals surface area contributed by atoms with Crippen LogP contribution in [-0.4, -0.2) is 16.1 Å². The van der Waals surface area contributed by atoms with Crippen LogP contribution in [0.15, 0.2) is 71.5 Å². The summed E-state index contributed by atoms with van der Waals surface area (Å²) >= 11 is 0. The zero-order valence-electron chi connectivity index (χ0n) is 17.6. The Balaban J connectivity index is 1.63. The number of H-pyrrole nitrogens is 1. The highest BCUT2D eigenvalue weighted by Gasteiger charge is 2.33. The monoisotopic (exact) mass is 491 g/mol. The number of amides is 1. The highest BCUT2D eigenvalue weighted by molar-refractivity contribution is 6.05. The molecule has 2 N–H and O–H groups in total. The van der Waals surface area contributed by atoms with E-state index in [1.807, 2.05) is 0 Å². The van der Waals surface area contributed by atoms with Crippen LogP contribution in [0.3, 0.4) is 0 Å². The van der Waals surface area contributed by atoms with Crippen LogP contribution in [0.5, 0.6) is 0 Å². The number of rotatable bonds is 4. The van der Waals surface area contributed by atoms with Crippen LogP contribution in [0.2, 0.25) is 0 Å². The molecule has 0 unspecified atom stereocenters. The number of benzene rings is 3. The van der Waals surface area contributed by atoms with Gasteiger partial charge >= 0.3 is 12.4 Å². The van der Waals surface area contributed by atoms with Crippen LogP contribution in [0, 0.1) is 0 Å². The first-order chi connectivity index (χ1) is 16.4. The normalized spacial score (nSPS) is 12.1. The van der Waals surface area contributed by atoms with E-state index in [4.69, 9.17) is 0 Å². The van der Waals surface area contributed by atoms with Crippen molar-refractivity contribution in [3.05, 3.63) is 105 Å². The first kappa shape index (κ1) is 24.0. The summed E-state index contributed by atoms with van der Waals surface area (Å²) in [6.45, 7) is 0. The number of carbonyl (C=O) groups excluding carboxylic acids is 1. The van der Waals surface area contributed by atoms with Crippen LogP contribution in [0.4, 0.5) is 32.0 Å². The number of anilines is 1. The third kappa shape index (κ3) is 5.18. The fourth-order valence-corrected chi connectivity index (χ4v) is 3.58. The minimum atomic E-state index is -4.57. The maximum atomic E-state index is 13.3. The lowest BCUT2D eigenvalue weighted by molar-refractivity contribution is -0.138. The molecule has 0 fully saturated rings. The number of aromatic amines is 1. The molecule has 180 valence electrons. The maximum Gasteiger partial charge on any atom is 0.416 e. The maximum absolute atomic E-state index is 13.3. The van der Waals surface area contributed by atoms with E-state index in [1.54, 1.807) is 0 Å². The Hall–Kier alpha value is -4.15. The van der Waals surface area contributed by atoms with E-state index in [0.29, 0.717) is 5.39 Å². The lowest BCUT2D eigenvalue weighted by atomic mass is 9.99. The van der Waals surface area contributed by atoms with Gasteiger partial charge in [-0.05, 0) is 48.0 Å². The highest BCUT2D eigenvalue weighted by atomic mass is 19.4. The van der Waals surface area contributed by atoms with Gasteiger partial charge < -0.3 is 5.32 Å². The summed E-state index contributed by atoms with van der Waals surface area (Å²) in [5, 5.41) is 9.01. The molecule has 35 heavy (non-hydrogen) atoms. The van der Waals surface area contributed by atoms with Crippen LogP contribution in [-0.2, 0) is 18.8 Å². The average Bonchev–Trinajstić information content (AvgIpc) is 2.80. The van der Waals surface area contributed by atoms with Crippen molar-refractivity contribution in [3.8, 4) is 0 Å². The number of nitrogens with zero attached hydrogens (tertiary/aromatic N) is 1. The molecule has 1 aromatic heterocycles. The third-order valence-electron chi connectivity index (χ3n) is 5.28. The fourth-order valence-electron chi connectivity index (χ4n) is 3.58. The number of hydrogen-bond acceptors (Lipinski definition) is 3. The molecule has 1 heterocycles. The number of aromatic nitrogens is 2. The summed E-state index contributed by atoms with van der Waals surface area (Å²) in [4.78, 5) is 24.8. The standard InChI is InChI=1S/C24H15F6N3O2/c25-23(26,27)15-7-5-13(6-8-15)21(34)31-16-9-10-17-18(12-16)22(35)33-32-20(17)11-14-3-1-2-4-19(14)24(28,29)30/h1-10,12H,11H2,(H,31,34)(H,33,35). The fraction of sp³-hybridized carbons (Fsp3) is 0.125. The Morgan fingerprint density at radius 1 is 0.857 bits per heavy atom. The second-order valence-corrected chi connectivity index (χ2v) is 7.62. The molecule has 11 heteroatoms. The number of fused-ring (bicyclic) bond motifs is 1. The van der Waals surface area contributed by atoms with Crippen LogP contribution < -0.4 is 10.9 Å². The van der Waals surface area contributed by atoms with Crippen LogP contribution >= 0.6 is 0 Å². The lowest BCUT2D eigenvalue weighted by Crippen LogP contribution is -2.15. The summed E-state index contributed by atoms with van der Waals surface area (Å²) in [6, 6.07) is 12.8. The summed E-state index contributed by atoms with van der Waals surface area (Å²) in [5.74, 6) is -0.706. The lowest BCUT2D eigenvalue weighted by Gasteiger charge is -2.13.